The standard InChI is InChI=1S/C26H26N4O4S3/c1-16(31)30-12-11-20-21(14-30)37-24(23(20)25(33)34-2)29-22(32)15-36-19-10-6-9-18(13-19)28-26(35)27-17-7-4-3-5-8-17/h3-10,13H,11-12,14-15H2,1-2H3,(H,29,32)(H2,27,28,35). The zero-order chi connectivity index (χ0) is 26.4. The molecule has 192 valence electrons. The molecule has 0 saturated carbocycles. The molecule has 0 unspecified atom stereocenters. The van der Waals surface area contributed by atoms with Gasteiger partial charge in [-0.05, 0) is 54.5 Å². The number of nitrogens with one attached hydrogen (secondary N) is 3. The van der Waals surface area contributed by atoms with Gasteiger partial charge >= 0.3 is 5.97 Å². The number of nitrogens with zero attached hydrogens (tertiary/aromatic N) is 1. The second-order valence-electron chi connectivity index (χ2n) is 8.20. The number of esters is 1. The highest BCUT2D eigenvalue weighted by molar-refractivity contribution is 8.00. The molecule has 1 aliphatic rings. The Balaban J connectivity index is 1.38. The number of rotatable bonds is 7. The molecule has 37 heavy (non-hydrogen) atoms. The fourth-order valence-electron chi connectivity index (χ4n) is 3.87. The largest absolute Gasteiger partial charge is 0.465 e. The minimum atomic E-state index is -0.490. The fraction of sp³-hybridized carbons (Fsp3) is 0.231. The number of hydrogen-bond donors (Lipinski definition) is 3. The molecular weight excluding hydrogens is 529 g/mol. The molecule has 2 aromatic carbocycles. The Bertz CT molecular complexity index is 1330. The van der Waals surface area contributed by atoms with Gasteiger partial charge in [-0.3, -0.25) is 9.59 Å². The van der Waals surface area contributed by atoms with Crippen molar-refractivity contribution >= 4 is 74.6 Å². The molecule has 0 fully saturated rings. The van der Waals surface area contributed by atoms with Crippen LogP contribution in [0.2, 0.25) is 0 Å². The molecule has 11 heteroatoms. The third kappa shape index (κ3) is 6.88. The Morgan fingerprint density at radius 1 is 1.05 bits per heavy atom. The number of carbonyl (C=O) groups excluding carboxylic acids is 3. The normalized spacial score (nSPS) is 12.3. The maximum Gasteiger partial charge on any atom is 0.341 e. The first-order chi connectivity index (χ1) is 17.8. The number of methoxy groups -OCH3 is 1. The number of hydrogen-bond acceptors (Lipinski definition) is 7. The number of para-hydroxylation sites is 1. The van der Waals surface area contributed by atoms with Crippen LogP contribution in [0.25, 0.3) is 0 Å². The molecule has 0 saturated heterocycles. The van der Waals surface area contributed by atoms with Crippen molar-refractivity contribution in [2.24, 2.45) is 0 Å². The number of anilines is 3. The monoisotopic (exact) mass is 554 g/mol. The minimum Gasteiger partial charge on any atom is -0.465 e. The number of amides is 2. The highest BCUT2D eigenvalue weighted by Gasteiger charge is 2.30. The van der Waals surface area contributed by atoms with Gasteiger partial charge < -0.3 is 25.6 Å². The van der Waals surface area contributed by atoms with Gasteiger partial charge in [0.15, 0.2) is 5.11 Å². The van der Waals surface area contributed by atoms with Crippen molar-refractivity contribution in [1.82, 2.24) is 4.90 Å². The van der Waals surface area contributed by atoms with Gasteiger partial charge in [-0.2, -0.15) is 0 Å². The van der Waals surface area contributed by atoms with E-state index < -0.39 is 5.97 Å². The van der Waals surface area contributed by atoms with E-state index >= 15 is 0 Å². The van der Waals surface area contributed by atoms with E-state index in [1.807, 2.05) is 54.6 Å². The van der Waals surface area contributed by atoms with Crippen molar-refractivity contribution in [2.45, 2.75) is 24.8 Å². The van der Waals surface area contributed by atoms with Crippen LogP contribution < -0.4 is 16.0 Å². The Labute approximate surface area is 228 Å². The lowest BCUT2D eigenvalue weighted by Gasteiger charge is -2.25. The highest BCUT2D eigenvalue weighted by Crippen LogP contribution is 2.38. The second kappa shape index (κ2) is 12.2. The highest BCUT2D eigenvalue weighted by atomic mass is 32.2. The second-order valence-corrected chi connectivity index (χ2v) is 10.8. The average Bonchev–Trinajstić information content (AvgIpc) is 3.24. The fourth-order valence-corrected chi connectivity index (χ4v) is 6.13. The third-order valence-corrected chi connectivity index (χ3v) is 7.97. The molecule has 0 aliphatic carbocycles. The van der Waals surface area contributed by atoms with Crippen molar-refractivity contribution < 1.29 is 19.1 Å². The van der Waals surface area contributed by atoms with Crippen molar-refractivity contribution in [3.05, 3.63) is 70.6 Å². The lowest BCUT2D eigenvalue weighted by atomic mass is 10.0. The maximum absolute atomic E-state index is 12.8. The summed E-state index contributed by atoms with van der Waals surface area (Å²) >= 11 is 8.08. The Kier molecular flexibility index (Phi) is 8.80. The molecule has 2 heterocycles. The number of thioether (sulfide) groups is 1. The van der Waals surface area contributed by atoms with Crippen LogP contribution in [0.15, 0.2) is 59.5 Å². The number of thiocarbonyl (C=S) groups is 1. The van der Waals surface area contributed by atoms with E-state index in [0.717, 1.165) is 26.7 Å². The minimum absolute atomic E-state index is 0.0195. The van der Waals surface area contributed by atoms with E-state index in [-0.39, 0.29) is 17.6 Å². The lowest BCUT2D eigenvalue weighted by molar-refractivity contribution is -0.129. The number of thiophene rings is 1. The van der Waals surface area contributed by atoms with E-state index in [1.165, 1.54) is 37.1 Å². The average molecular weight is 555 g/mol. The first kappa shape index (κ1) is 26.6. The topological polar surface area (TPSA) is 99.8 Å². The SMILES string of the molecule is COC(=O)c1c(NC(=O)CSc2cccc(NC(=S)Nc3ccccc3)c2)sc2c1CCN(C(C)=O)C2. The van der Waals surface area contributed by atoms with Crippen molar-refractivity contribution in [1.29, 1.82) is 0 Å². The zero-order valence-electron chi connectivity index (χ0n) is 20.3. The first-order valence-corrected chi connectivity index (χ1v) is 13.7. The van der Waals surface area contributed by atoms with Crippen molar-refractivity contribution in [3.63, 3.8) is 0 Å². The van der Waals surface area contributed by atoms with E-state index in [4.69, 9.17) is 17.0 Å². The molecule has 3 N–H and O–H groups in total. The summed E-state index contributed by atoms with van der Waals surface area (Å²) < 4.78 is 4.98. The van der Waals surface area contributed by atoms with Crippen LogP contribution in [0, 0.1) is 0 Å². The van der Waals surface area contributed by atoms with Gasteiger partial charge in [0.1, 0.15) is 5.00 Å². The first-order valence-electron chi connectivity index (χ1n) is 11.5. The van der Waals surface area contributed by atoms with Crippen LogP contribution in [0.4, 0.5) is 16.4 Å². The predicted octanol–water partition coefficient (Wildman–Crippen LogP) is 4.98. The zero-order valence-corrected chi connectivity index (χ0v) is 22.8. The molecule has 3 aromatic rings. The van der Waals surface area contributed by atoms with Gasteiger partial charge in [0.2, 0.25) is 11.8 Å². The molecule has 0 atom stereocenters. The Hall–Kier alpha value is -3.41. The van der Waals surface area contributed by atoms with Gasteiger partial charge in [-0.1, -0.05) is 24.3 Å². The van der Waals surface area contributed by atoms with Gasteiger partial charge in [-0.25, -0.2) is 4.79 Å². The summed E-state index contributed by atoms with van der Waals surface area (Å²) in [7, 11) is 1.32. The van der Waals surface area contributed by atoms with E-state index in [9.17, 15) is 14.4 Å². The molecule has 0 spiro atoms. The van der Waals surface area contributed by atoms with Crippen LogP contribution in [-0.4, -0.2) is 47.2 Å². The van der Waals surface area contributed by atoms with E-state index in [1.54, 1.807) is 4.90 Å². The molecule has 8 nitrogen and oxygen atoms in total. The van der Waals surface area contributed by atoms with Crippen LogP contribution in [0.5, 0.6) is 0 Å². The summed E-state index contributed by atoms with van der Waals surface area (Å²) in [6.45, 7) is 2.48. The van der Waals surface area contributed by atoms with Gasteiger partial charge in [0.05, 0.1) is 25.0 Å². The molecule has 0 bridgehead atoms. The lowest BCUT2D eigenvalue weighted by Crippen LogP contribution is -2.33. The molecule has 1 aliphatic heterocycles. The van der Waals surface area contributed by atoms with Gasteiger partial charge in [-0.15, -0.1) is 23.1 Å². The predicted molar refractivity (Wildman–Crippen MR) is 153 cm³/mol. The number of fused-ring (bicyclic) bond motifs is 1. The quantitative estimate of drug-likeness (QED) is 0.214. The molecule has 0 radical (unpaired) electrons. The third-order valence-electron chi connectivity index (χ3n) is 5.64. The van der Waals surface area contributed by atoms with Crippen LogP contribution >= 0.6 is 35.3 Å². The van der Waals surface area contributed by atoms with Crippen LogP contribution in [0.1, 0.15) is 27.7 Å². The molecular formula is C26H26N4O4S3. The Morgan fingerprint density at radius 2 is 1.78 bits per heavy atom. The summed E-state index contributed by atoms with van der Waals surface area (Å²) in [5, 5.41) is 10.1. The number of ether oxygens (including phenoxy) is 1. The summed E-state index contributed by atoms with van der Waals surface area (Å²) in [5.74, 6) is -0.597. The summed E-state index contributed by atoms with van der Waals surface area (Å²) in [4.78, 5) is 40.6. The van der Waals surface area contributed by atoms with Crippen molar-refractivity contribution in [2.75, 3.05) is 35.4 Å². The van der Waals surface area contributed by atoms with E-state index in [0.29, 0.717) is 35.2 Å². The number of carbonyl (C=O) groups is 3. The molecule has 1 aromatic heterocycles. The smallest absolute Gasteiger partial charge is 0.341 e. The maximum atomic E-state index is 12.8. The van der Waals surface area contributed by atoms with Crippen molar-refractivity contribution in [3.8, 4) is 0 Å². The van der Waals surface area contributed by atoms with Gasteiger partial charge in [0, 0.05) is 34.6 Å². The molecule has 2 amide bonds. The van der Waals surface area contributed by atoms with Crippen LogP contribution in [0.3, 0.4) is 0 Å². The number of benzene rings is 2. The summed E-state index contributed by atoms with van der Waals surface area (Å²) in [6, 6.07) is 17.2. The summed E-state index contributed by atoms with van der Waals surface area (Å²) in [6.07, 6.45) is 0.543. The summed E-state index contributed by atoms with van der Waals surface area (Å²) in [5.41, 5.74) is 2.91. The van der Waals surface area contributed by atoms with Gasteiger partial charge in [0.25, 0.3) is 0 Å². The van der Waals surface area contributed by atoms with Crippen LogP contribution in [-0.2, 0) is 27.3 Å². The van der Waals surface area contributed by atoms with E-state index in [2.05, 4.69) is 16.0 Å². The Morgan fingerprint density at radius 3 is 2.51 bits per heavy atom. The molecule has 4 rings (SSSR count).